The molecule has 1 aromatic heterocycles. The molecule has 3 N–H and O–H groups in total. The molecule has 7 nitrogen and oxygen atoms in total. The van der Waals surface area contributed by atoms with Gasteiger partial charge in [0.05, 0.1) is 5.56 Å². The summed E-state index contributed by atoms with van der Waals surface area (Å²) in [4.78, 5) is 39.0. The van der Waals surface area contributed by atoms with Gasteiger partial charge in [0.2, 0.25) is 5.91 Å². The predicted molar refractivity (Wildman–Crippen MR) is 90.9 cm³/mol. The Kier molecular flexibility index (Phi) is 6.44. The third-order valence-electron chi connectivity index (χ3n) is 2.98. The number of pyridine rings is 1. The van der Waals surface area contributed by atoms with Crippen molar-refractivity contribution in [2.75, 3.05) is 6.54 Å². The summed E-state index contributed by atoms with van der Waals surface area (Å²) in [6.07, 6.45) is 2.97. The van der Waals surface area contributed by atoms with Gasteiger partial charge in [-0.3, -0.25) is 30.2 Å². The van der Waals surface area contributed by atoms with Crippen molar-refractivity contribution >= 4 is 33.7 Å². The summed E-state index contributed by atoms with van der Waals surface area (Å²) in [5.74, 6) is -1.15. The highest BCUT2D eigenvalue weighted by Crippen LogP contribution is 2.10. The molecule has 0 atom stereocenters. The quantitative estimate of drug-likeness (QED) is 0.672. The van der Waals surface area contributed by atoms with Crippen molar-refractivity contribution in [1.82, 2.24) is 21.2 Å². The lowest BCUT2D eigenvalue weighted by Crippen LogP contribution is -2.42. The van der Waals surface area contributed by atoms with Gasteiger partial charge in [-0.25, -0.2) is 0 Å². The van der Waals surface area contributed by atoms with Crippen molar-refractivity contribution in [3.05, 3.63) is 64.4 Å². The van der Waals surface area contributed by atoms with Gasteiger partial charge >= 0.3 is 0 Å². The van der Waals surface area contributed by atoms with Crippen LogP contribution in [0.5, 0.6) is 0 Å². The number of hydrogen-bond acceptors (Lipinski definition) is 4. The monoisotopic (exact) mass is 390 g/mol. The Morgan fingerprint density at radius 2 is 1.71 bits per heavy atom. The van der Waals surface area contributed by atoms with E-state index in [2.05, 4.69) is 37.1 Å². The Bertz CT molecular complexity index is 720. The van der Waals surface area contributed by atoms with E-state index in [9.17, 15) is 14.4 Å². The Morgan fingerprint density at radius 1 is 0.958 bits per heavy atom. The minimum atomic E-state index is -0.463. The van der Waals surface area contributed by atoms with Crippen LogP contribution >= 0.6 is 15.9 Å². The second-order valence-corrected chi connectivity index (χ2v) is 5.67. The van der Waals surface area contributed by atoms with Crippen molar-refractivity contribution < 1.29 is 14.4 Å². The molecule has 124 valence electrons. The van der Waals surface area contributed by atoms with Gasteiger partial charge < -0.3 is 5.32 Å². The van der Waals surface area contributed by atoms with Crippen LogP contribution in [0.3, 0.4) is 0 Å². The zero-order chi connectivity index (χ0) is 17.4. The smallest absolute Gasteiger partial charge is 0.271 e. The highest BCUT2D eigenvalue weighted by Gasteiger charge is 2.08. The van der Waals surface area contributed by atoms with Gasteiger partial charge in [0.25, 0.3) is 11.8 Å². The second-order valence-electron chi connectivity index (χ2n) is 4.76. The Hall–Kier alpha value is -2.74. The summed E-state index contributed by atoms with van der Waals surface area (Å²) < 4.78 is 0.878. The lowest BCUT2D eigenvalue weighted by Gasteiger charge is -2.08. The first-order valence-electron chi connectivity index (χ1n) is 7.09. The SMILES string of the molecule is O=C(CCNC(=O)c1ccc(Br)cc1)NNC(=O)c1cccnc1. The molecule has 2 aromatic rings. The Balaban J connectivity index is 1.69. The van der Waals surface area contributed by atoms with Crippen LogP contribution in [0, 0.1) is 0 Å². The van der Waals surface area contributed by atoms with Gasteiger partial charge in [0, 0.05) is 35.4 Å². The number of amides is 3. The number of hydrogen-bond donors (Lipinski definition) is 3. The molecule has 0 spiro atoms. The van der Waals surface area contributed by atoms with E-state index in [1.54, 1.807) is 42.6 Å². The van der Waals surface area contributed by atoms with Crippen molar-refractivity contribution in [2.24, 2.45) is 0 Å². The first-order chi connectivity index (χ1) is 11.6. The lowest BCUT2D eigenvalue weighted by atomic mass is 10.2. The molecule has 2 rings (SSSR count). The largest absolute Gasteiger partial charge is 0.352 e. The number of nitrogens with zero attached hydrogens (tertiary/aromatic N) is 1. The summed E-state index contributed by atoms with van der Waals surface area (Å²) in [7, 11) is 0. The van der Waals surface area contributed by atoms with Crippen LogP contribution in [0.2, 0.25) is 0 Å². The maximum atomic E-state index is 11.9. The number of benzene rings is 1. The van der Waals surface area contributed by atoms with Crippen molar-refractivity contribution in [3.8, 4) is 0 Å². The van der Waals surface area contributed by atoms with E-state index in [1.165, 1.54) is 6.20 Å². The van der Waals surface area contributed by atoms with Gasteiger partial charge in [-0.05, 0) is 36.4 Å². The maximum Gasteiger partial charge on any atom is 0.271 e. The number of carbonyl (C=O) groups excluding carboxylic acids is 3. The molecule has 0 radical (unpaired) electrons. The van der Waals surface area contributed by atoms with Crippen molar-refractivity contribution in [3.63, 3.8) is 0 Å². The highest BCUT2D eigenvalue weighted by atomic mass is 79.9. The second kappa shape index (κ2) is 8.78. The molecule has 24 heavy (non-hydrogen) atoms. The average Bonchev–Trinajstić information content (AvgIpc) is 2.61. The van der Waals surface area contributed by atoms with Crippen LogP contribution in [0.15, 0.2) is 53.3 Å². The molecule has 3 amide bonds. The first kappa shape index (κ1) is 17.6. The summed E-state index contributed by atoms with van der Waals surface area (Å²) in [6, 6.07) is 10.1. The van der Waals surface area contributed by atoms with E-state index in [-0.39, 0.29) is 18.9 Å². The van der Waals surface area contributed by atoms with Crippen LogP contribution in [0.1, 0.15) is 27.1 Å². The first-order valence-corrected chi connectivity index (χ1v) is 7.88. The molecular weight excluding hydrogens is 376 g/mol. The van der Waals surface area contributed by atoms with Crippen LogP contribution in [0.4, 0.5) is 0 Å². The molecule has 0 unspecified atom stereocenters. The van der Waals surface area contributed by atoms with E-state index < -0.39 is 11.8 Å². The Morgan fingerprint density at radius 3 is 2.38 bits per heavy atom. The number of nitrogens with one attached hydrogen (secondary N) is 3. The van der Waals surface area contributed by atoms with Gasteiger partial charge in [-0.2, -0.15) is 0 Å². The Labute approximate surface area is 147 Å². The molecule has 0 saturated heterocycles. The van der Waals surface area contributed by atoms with E-state index in [0.29, 0.717) is 11.1 Å². The molecule has 1 aromatic carbocycles. The topological polar surface area (TPSA) is 100 Å². The van der Waals surface area contributed by atoms with Gasteiger partial charge in [0.1, 0.15) is 0 Å². The average molecular weight is 391 g/mol. The normalized spacial score (nSPS) is 9.88. The molecule has 0 saturated carbocycles. The number of carbonyl (C=O) groups is 3. The number of halogens is 1. The predicted octanol–water partition coefficient (Wildman–Crippen LogP) is 1.43. The van der Waals surface area contributed by atoms with Crippen LogP contribution in [-0.4, -0.2) is 29.3 Å². The van der Waals surface area contributed by atoms with E-state index >= 15 is 0 Å². The molecule has 0 aliphatic carbocycles. The molecule has 0 aliphatic heterocycles. The van der Waals surface area contributed by atoms with E-state index in [4.69, 9.17) is 0 Å². The van der Waals surface area contributed by atoms with E-state index in [0.717, 1.165) is 4.47 Å². The van der Waals surface area contributed by atoms with Gasteiger partial charge in [-0.1, -0.05) is 15.9 Å². The molecule has 1 heterocycles. The summed E-state index contributed by atoms with van der Waals surface area (Å²) >= 11 is 3.29. The van der Waals surface area contributed by atoms with Crippen molar-refractivity contribution in [1.29, 1.82) is 0 Å². The minimum Gasteiger partial charge on any atom is -0.352 e. The third kappa shape index (κ3) is 5.47. The number of hydrazine groups is 1. The van der Waals surface area contributed by atoms with Crippen LogP contribution in [-0.2, 0) is 4.79 Å². The lowest BCUT2D eigenvalue weighted by molar-refractivity contribution is -0.121. The van der Waals surface area contributed by atoms with Gasteiger partial charge in [-0.15, -0.1) is 0 Å². The molecule has 0 fully saturated rings. The summed E-state index contributed by atoms with van der Waals surface area (Å²) in [5, 5.41) is 2.63. The third-order valence-corrected chi connectivity index (χ3v) is 3.51. The van der Waals surface area contributed by atoms with Gasteiger partial charge in [0.15, 0.2) is 0 Å². The molecule has 8 heteroatoms. The van der Waals surface area contributed by atoms with Crippen LogP contribution < -0.4 is 16.2 Å². The van der Waals surface area contributed by atoms with Crippen molar-refractivity contribution in [2.45, 2.75) is 6.42 Å². The number of rotatable bonds is 5. The zero-order valence-electron chi connectivity index (χ0n) is 12.6. The molecular formula is C16H15BrN4O3. The fraction of sp³-hybridized carbons (Fsp3) is 0.125. The fourth-order valence-corrected chi connectivity index (χ4v) is 2.02. The molecule has 0 bridgehead atoms. The maximum absolute atomic E-state index is 11.9. The van der Waals surface area contributed by atoms with E-state index in [1.807, 2.05) is 0 Å². The molecule has 0 aliphatic rings. The van der Waals surface area contributed by atoms with Crippen LogP contribution in [0.25, 0.3) is 0 Å². The standard InChI is InChI=1S/C16H15BrN4O3/c17-13-5-3-11(4-6-13)15(23)19-9-7-14(22)20-21-16(24)12-2-1-8-18-10-12/h1-6,8,10H,7,9H2,(H,19,23)(H,20,22)(H,21,24). The number of aromatic nitrogens is 1. The summed E-state index contributed by atoms with van der Waals surface area (Å²) in [6.45, 7) is 0.156. The highest BCUT2D eigenvalue weighted by molar-refractivity contribution is 9.10. The zero-order valence-corrected chi connectivity index (χ0v) is 14.2. The summed E-state index contributed by atoms with van der Waals surface area (Å²) in [5.41, 5.74) is 5.39. The minimum absolute atomic E-state index is 0.0373. The fourth-order valence-electron chi connectivity index (χ4n) is 1.75.